The molecule has 15 heteroatoms. The summed E-state index contributed by atoms with van der Waals surface area (Å²) >= 11 is 12.3. The molecule has 0 bridgehead atoms. The number of amides is 2. The Kier molecular flexibility index (Phi) is 17.6. The van der Waals surface area contributed by atoms with E-state index in [4.69, 9.17) is 27.9 Å². The van der Waals surface area contributed by atoms with Crippen molar-refractivity contribution in [1.82, 2.24) is 28.9 Å². The quantitative estimate of drug-likeness (QED) is 0.0889. The summed E-state index contributed by atoms with van der Waals surface area (Å²) in [7, 11) is 0. The van der Waals surface area contributed by atoms with Gasteiger partial charge in [0, 0.05) is 93.4 Å². The number of carbonyl (C=O) groups is 2. The molecule has 0 radical (unpaired) electrons. The average Bonchev–Trinajstić information content (AvgIpc) is 4.10. The van der Waals surface area contributed by atoms with Gasteiger partial charge in [0.25, 0.3) is 11.8 Å². The minimum absolute atomic E-state index is 0. The predicted molar refractivity (Wildman–Crippen MR) is 289 cm³/mol. The van der Waals surface area contributed by atoms with E-state index >= 15 is 0 Å². The van der Waals surface area contributed by atoms with Gasteiger partial charge in [0.1, 0.15) is 18.3 Å². The fraction of sp³-hybridized carbons (Fsp3) is 0.317. The van der Waals surface area contributed by atoms with E-state index in [2.05, 4.69) is 34.2 Å². The van der Waals surface area contributed by atoms with Gasteiger partial charge in [0.05, 0.1) is 0 Å². The van der Waals surface area contributed by atoms with E-state index in [1.54, 1.807) is 14.4 Å². The first-order chi connectivity index (χ1) is 35.5. The molecule has 4 aliphatic rings. The maximum absolute atomic E-state index is 14.0. The Bertz CT molecular complexity index is 3220. The standard InChI is InChI=1S/C33H32ClN3O3.C26H26ClN3O3.CH3.Pd/c34-27-15-13-26(14-16-27)33(17-7-8-18-33)21-28-35-31(38)30(40-23-25-11-5-2-6-12-25)29-32(39)36(19-20-37(28)29)22-24-9-3-1-4-10-24;27-20-10-8-19(9-11-20)26(12-4-5-13-26)16-21-28-24(32)23(31)22-25(33)29(14-15-30(21)22)17-18-6-2-1-3-7-18;;/h1-6,9-16H,7-8,17-23H2;1-3,6-11,31H,4-5,12-17H2;1H3;/q;;-1;. The van der Waals surface area contributed by atoms with Crippen molar-refractivity contribution in [2.45, 2.75) is 108 Å². The third-order valence-electron chi connectivity index (χ3n) is 15.3. The zero-order valence-corrected chi connectivity index (χ0v) is 45.1. The van der Waals surface area contributed by atoms with Gasteiger partial charge in [-0.15, -0.1) is 0 Å². The van der Waals surface area contributed by atoms with E-state index in [1.807, 2.05) is 120 Å². The number of aromatic hydroxyl groups is 1. The van der Waals surface area contributed by atoms with E-state index in [-0.39, 0.29) is 68.5 Å². The van der Waals surface area contributed by atoms with E-state index in [0.29, 0.717) is 79.5 Å². The van der Waals surface area contributed by atoms with Gasteiger partial charge in [-0.3, -0.25) is 19.2 Å². The minimum atomic E-state index is -0.740. The molecule has 0 saturated heterocycles. The number of fused-ring (bicyclic) bond motifs is 2. The molecule has 0 spiro atoms. The number of nitrogens with zero attached hydrogens (tertiary/aromatic N) is 6. The molecule has 0 atom stereocenters. The first-order valence-corrected chi connectivity index (χ1v) is 26.1. The van der Waals surface area contributed by atoms with Gasteiger partial charge in [-0.25, -0.2) is 0 Å². The van der Waals surface area contributed by atoms with Crippen LogP contribution in [0.5, 0.6) is 11.5 Å². The molecule has 2 amide bonds. The van der Waals surface area contributed by atoms with Gasteiger partial charge in [-0.2, -0.15) is 9.97 Å². The topological polar surface area (TPSA) is 140 Å². The summed E-state index contributed by atoms with van der Waals surface area (Å²) in [6.45, 7) is 3.15. The van der Waals surface area contributed by atoms with Crippen LogP contribution in [0.2, 0.25) is 10.0 Å². The zero-order chi connectivity index (χ0) is 50.5. The molecule has 2 aliphatic heterocycles. The summed E-state index contributed by atoms with van der Waals surface area (Å²) in [5, 5.41) is 11.9. The summed E-state index contributed by atoms with van der Waals surface area (Å²) < 4.78 is 9.79. The normalized spacial score (nSPS) is 16.2. The maximum Gasteiger partial charge on any atom is 0.316 e. The Hall–Kier alpha value is -6.36. The fourth-order valence-electron chi connectivity index (χ4n) is 11.5. The Morgan fingerprint density at radius 3 is 1.33 bits per heavy atom. The molecule has 7 aromatic rings. The number of ether oxygens (including phenoxy) is 1. The molecule has 12 nitrogen and oxygen atoms in total. The van der Waals surface area contributed by atoms with Crippen molar-refractivity contribution < 1.29 is 39.9 Å². The van der Waals surface area contributed by atoms with Gasteiger partial charge in [-0.05, 0) is 77.8 Å². The summed E-state index contributed by atoms with van der Waals surface area (Å²) in [4.78, 5) is 65.8. The number of hydrogen-bond acceptors (Lipinski definition) is 8. The van der Waals surface area contributed by atoms with Crippen LogP contribution in [-0.4, -0.2) is 58.9 Å². The Morgan fingerprint density at radius 2 is 0.893 bits per heavy atom. The van der Waals surface area contributed by atoms with Gasteiger partial charge in [0.15, 0.2) is 11.4 Å². The summed E-state index contributed by atoms with van der Waals surface area (Å²) in [6.07, 6.45) is 9.52. The molecule has 2 saturated carbocycles. The molecule has 75 heavy (non-hydrogen) atoms. The van der Waals surface area contributed by atoms with Gasteiger partial charge < -0.3 is 36.2 Å². The van der Waals surface area contributed by atoms with Gasteiger partial charge in [-0.1, -0.05) is 164 Å². The Balaban J connectivity index is 0.000000197. The molecular formula is C60H61Cl2N6O6Pd-. The van der Waals surface area contributed by atoms with Crippen LogP contribution in [0.1, 0.15) is 112 Å². The number of benzene rings is 5. The monoisotopic (exact) mass is 1140 g/mol. The second-order valence-electron chi connectivity index (χ2n) is 19.9. The van der Waals surface area contributed by atoms with Crippen LogP contribution < -0.4 is 15.9 Å². The van der Waals surface area contributed by atoms with E-state index in [0.717, 1.165) is 68.1 Å². The average molecular weight is 1140 g/mol. The zero-order valence-electron chi connectivity index (χ0n) is 42.0. The summed E-state index contributed by atoms with van der Waals surface area (Å²) in [5.41, 5.74) is 4.16. The second kappa shape index (κ2) is 24.1. The number of rotatable bonds is 13. The molecule has 392 valence electrons. The molecule has 2 aliphatic carbocycles. The largest absolute Gasteiger partial charge is 0.501 e. The summed E-state index contributed by atoms with van der Waals surface area (Å²) in [6, 6.07) is 45.2. The van der Waals surface area contributed by atoms with Crippen LogP contribution in [0, 0.1) is 7.43 Å². The molecule has 2 aromatic heterocycles. The second-order valence-corrected chi connectivity index (χ2v) is 20.8. The van der Waals surface area contributed by atoms with Crippen molar-refractivity contribution in [1.29, 1.82) is 0 Å². The number of halogens is 2. The first kappa shape index (κ1) is 54.9. The first-order valence-electron chi connectivity index (χ1n) is 25.3. The molecule has 4 heterocycles. The summed E-state index contributed by atoms with van der Waals surface area (Å²) in [5.74, 6) is 0.144. The molecular weight excluding hydrogens is 1080 g/mol. The Morgan fingerprint density at radius 1 is 0.507 bits per heavy atom. The van der Waals surface area contributed by atoms with Crippen molar-refractivity contribution in [3.05, 3.63) is 229 Å². The van der Waals surface area contributed by atoms with Gasteiger partial charge >= 0.3 is 11.1 Å². The van der Waals surface area contributed by atoms with Crippen LogP contribution in [0.4, 0.5) is 0 Å². The third kappa shape index (κ3) is 11.9. The number of aromatic nitrogens is 4. The van der Waals surface area contributed by atoms with Crippen LogP contribution in [0.25, 0.3) is 0 Å². The molecule has 5 aromatic carbocycles. The molecule has 11 rings (SSSR count). The van der Waals surface area contributed by atoms with Crippen molar-refractivity contribution in [2.24, 2.45) is 0 Å². The van der Waals surface area contributed by atoms with E-state index < -0.39 is 16.9 Å². The van der Waals surface area contributed by atoms with E-state index in [9.17, 15) is 24.3 Å². The molecule has 1 N–H and O–H groups in total. The molecule has 2 fully saturated rings. The number of carbonyl (C=O) groups excluding carboxylic acids is 2. The van der Waals surface area contributed by atoms with Crippen LogP contribution in [0.3, 0.4) is 0 Å². The maximum atomic E-state index is 14.0. The van der Waals surface area contributed by atoms with Crippen molar-refractivity contribution in [3.63, 3.8) is 0 Å². The van der Waals surface area contributed by atoms with Crippen LogP contribution >= 0.6 is 23.2 Å². The van der Waals surface area contributed by atoms with Crippen molar-refractivity contribution in [2.75, 3.05) is 13.1 Å². The minimum Gasteiger partial charge on any atom is -0.501 e. The third-order valence-corrected chi connectivity index (χ3v) is 15.8. The van der Waals surface area contributed by atoms with Crippen molar-refractivity contribution in [3.8, 4) is 11.5 Å². The predicted octanol–water partition coefficient (Wildman–Crippen LogP) is 10.9. The van der Waals surface area contributed by atoms with Crippen molar-refractivity contribution >= 4 is 35.0 Å². The Labute approximate surface area is 462 Å². The van der Waals surface area contributed by atoms with Gasteiger partial charge in [0.2, 0.25) is 11.5 Å². The smallest absolute Gasteiger partial charge is 0.316 e. The fourth-order valence-corrected chi connectivity index (χ4v) is 11.8. The van der Waals surface area contributed by atoms with E-state index in [1.165, 1.54) is 11.1 Å². The van der Waals surface area contributed by atoms with Crippen LogP contribution in [-0.2, 0) is 76.9 Å². The molecule has 0 unspecified atom stereocenters. The SMILES string of the molecule is O=C1c2c(O)c(=O)nc(CC3(c4ccc(Cl)cc4)CCCC3)n2CCN1Cc1ccccc1.O=C1c2c(OCc3ccccc3)c(=O)nc(CC3(c4ccc(Cl)cc4)CCCC3)n2CCN1Cc1ccccc1.[CH3-].[Pd]. The van der Waals surface area contributed by atoms with Crippen LogP contribution in [0.15, 0.2) is 149 Å². The number of hydrogen-bond donors (Lipinski definition) is 1.